The summed E-state index contributed by atoms with van der Waals surface area (Å²) in [5.41, 5.74) is 6.75. The topological polar surface area (TPSA) is 78.6 Å². The fourth-order valence-electron chi connectivity index (χ4n) is 1.17. The van der Waals surface area contributed by atoms with Crippen molar-refractivity contribution in [3.8, 4) is 0 Å². The standard InChI is InChI=1S/C8H8N4.CH3F/c9-8(10)7-5-3-1-2-4-6(5)11-12-7;1-2/h1-4H,(H3,9,10)(H,11,12);1H3. The Bertz CT molecular complexity index is 435. The fourth-order valence-corrected chi connectivity index (χ4v) is 1.17. The number of rotatable bonds is 1. The molecule has 2 aromatic rings. The van der Waals surface area contributed by atoms with Crippen molar-refractivity contribution in [1.29, 1.82) is 5.41 Å². The number of aromatic nitrogens is 2. The molecule has 0 fully saturated rings. The number of amidine groups is 1. The van der Waals surface area contributed by atoms with Crippen LogP contribution in [0.4, 0.5) is 4.39 Å². The van der Waals surface area contributed by atoms with Crippen molar-refractivity contribution in [3.63, 3.8) is 0 Å². The first-order valence-corrected chi connectivity index (χ1v) is 3.94. The number of fused-ring (bicyclic) bond motifs is 1. The smallest absolute Gasteiger partial charge is 0.144 e. The summed E-state index contributed by atoms with van der Waals surface area (Å²) >= 11 is 0. The maximum absolute atomic E-state index is 9.50. The Hall–Kier alpha value is -1.91. The van der Waals surface area contributed by atoms with E-state index in [1.807, 2.05) is 24.3 Å². The molecule has 0 unspecified atom stereocenters. The average molecular weight is 194 g/mol. The third-order valence-corrected chi connectivity index (χ3v) is 1.73. The van der Waals surface area contributed by atoms with E-state index in [1.54, 1.807) is 0 Å². The SMILES string of the molecule is CF.N=C(N)c1n[nH]c2ccccc12. The average Bonchev–Trinajstić information content (AvgIpc) is 2.64. The fraction of sp³-hybridized carbons (Fsp3) is 0.111. The Kier molecular flexibility index (Phi) is 3.17. The monoisotopic (exact) mass is 194 g/mol. The summed E-state index contributed by atoms with van der Waals surface area (Å²) in [6, 6.07) is 7.58. The van der Waals surface area contributed by atoms with E-state index in [0.29, 0.717) is 12.9 Å². The van der Waals surface area contributed by atoms with Crippen molar-refractivity contribution < 1.29 is 4.39 Å². The molecule has 0 amide bonds. The molecule has 14 heavy (non-hydrogen) atoms. The Labute approximate surface area is 80.4 Å². The highest BCUT2D eigenvalue weighted by atomic mass is 19.1. The molecule has 0 atom stereocenters. The molecule has 0 bridgehead atoms. The number of alkyl halides is 1. The maximum Gasteiger partial charge on any atom is 0.144 e. The van der Waals surface area contributed by atoms with Gasteiger partial charge in [0.05, 0.1) is 12.7 Å². The number of nitrogens with zero attached hydrogens (tertiary/aromatic N) is 1. The molecule has 0 aliphatic rings. The summed E-state index contributed by atoms with van der Waals surface area (Å²) in [5, 5.41) is 14.8. The number of hydrogen-bond donors (Lipinski definition) is 3. The van der Waals surface area contributed by atoms with Crippen molar-refractivity contribution in [1.82, 2.24) is 10.2 Å². The van der Waals surface area contributed by atoms with Gasteiger partial charge < -0.3 is 5.73 Å². The molecule has 1 heterocycles. The van der Waals surface area contributed by atoms with E-state index in [2.05, 4.69) is 10.2 Å². The zero-order valence-electron chi connectivity index (χ0n) is 7.71. The third-order valence-electron chi connectivity index (χ3n) is 1.73. The summed E-state index contributed by atoms with van der Waals surface area (Å²) in [6.45, 7) is 0. The van der Waals surface area contributed by atoms with Crippen LogP contribution in [0.15, 0.2) is 24.3 Å². The lowest BCUT2D eigenvalue weighted by Gasteiger charge is -1.90. The number of nitrogens with one attached hydrogen (secondary N) is 2. The van der Waals surface area contributed by atoms with E-state index >= 15 is 0 Å². The maximum atomic E-state index is 9.50. The van der Waals surface area contributed by atoms with Gasteiger partial charge in [-0.05, 0) is 6.07 Å². The lowest BCUT2D eigenvalue weighted by Crippen LogP contribution is -2.11. The Morgan fingerprint density at radius 1 is 1.43 bits per heavy atom. The van der Waals surface area contributed by atoms with Gasteiger partial charge in [0.2, 0.25) is 0 Å². The highest BCUT2D eigenvalue weighted by Crippen LogP contribution is 2.13. The number of benzene rings is 1. The Morgan fingerprint density at radius 2 is 2.07 bits per heavy atom. The van der Waals surface area contributed by atoms with Crippen LogP contribution in [0.2, 0.25) is 0 Å². The molecule has 0 aliphatic carbocycles. The van der Waals surface area contributed by atoms with Gasteiger partial charge in [-0.2, -0.15) is 5.10 Å². The quantitative estimate of drug-likeness (QED) is 0.474. The number of nitrogen functional groups attached to an aromatic ring is 1. The second kappa shape index (κ2) is 4.36. The van der Waals surface area contributed by atoms with Crippen LogP contribution in [0.1, 0.15) is 5.69 Å². The van der Waals surface area contributed by atoms with Crippen LogP contribution in [0, 0.1) is 5.41 Å². The summed E-state index contributed by atoms with van der Waals surface area (Å²) in [6.07, 6.45) is 0. The Balaban J connectivity index is 0.000000461. The zero-order chi connectivity index (χ0) is 10.6. The van der Waals surface area contributed by atoms with Gasteiger partial charge in [0, 0.05) is 5.39 Å². The minimum Gasteiger partial charge on any atom is -0.382 e. The van der Waals surface area contributed by atoms with Crippen molar-refractivity contribution in [3.05, 3.63) is 30.0 Å². The molecule has 1 aromatic carbocycles. The molecule has 74 valence electrons. The van der Waals surface area contributed by atoms with Crippen molar-refractivity contribution in [2.24, 2.45) is 5.73 Å². The van der Waals surface area contributed by atoms with Gasteiger partial charge >= 0.3 is 0 Å². The lowest BCUT2D eigenvalue weighted by atomic mass is 10.2. The third kappa shape index (κ3) is 1.71. The number of H-pyrrole nitrogens is 1. The second-order valence-corrected chi connectivity index (χ2v) is 2.53. The van der Waals surface area contributed by atoms with E-state index in [-0.39, 0.29) is 5.84 Å². The van der Waals surface area contributed by atoms with Gasteiger partial charge in [0.1, 0.15) is 11.5 Å². The molecule has 0 spiro atoms. The minimum absolute atomic E-state index is 0.00699. The van der Waals surface area contributed by atoms with Crippen LogP contribution in [-0.4, -0.2) is 23.2 Å². The van der Waals surface area contributed by atoms with Crippen LogP contribution < -0.4 is 5.73 Å². The summed E-state index contributed by atoms with van der Waals surface area (Å²) < 4.78 is 9.50. The van der Waals surface area contributed by atoms with Gasteiger partial charge in [0.15, 0.2) is 0 Å². The molecular formula is C9H11FN4. The van der Waals surface area contributed by atoms with E-state index < -0.39 is 0 Å². The number of nitrogens with two attached hydrogens (primary N) is 1. The van der Waals surface area contributed by atoms with Crippen molar-refractivity contribution in [2.45, 2.75) is 0 Å². The molecule has 0 aliphatic heterocycles. The first-order chi connectivity index (χ1) is 6.79. The zero-order valence-corrected chi connectivity index (χ0v) is 7.71. The van der Waals surface area contributed by atoms with E-state index in [1.165, 1.54) is 0 Å². The van der Waals surface area contributed by atoms with Crippen LogP contribution in [0.5, 0.6) is 0 Å². The van der Waals surface area contributed by atoms with Gasteiger partial charge in [-0.15, -0.1) is 0 Å². The first-order valence-electron chi connectivity index (χ1n) is 3.94. The van der Waals surface area contributed by atoms with Crippen molar-refractivity contribution in [2.75, 3.05) is 7.18 Å². The number of para-hydroxylation sites is 1. The number of halogens is 1. The predicted molar refractivity (Wildman–Crippen MR) is 54.1 cm³/mol. The molecule has 0 saturated heterocycles. The minimum atomic E-state index is -0.00699. The molecule has 4 N–H and O–H groups in total. The number of aromatic amines is 1. The first kappa shape index (κ1) is 10.2. The van der Waals surface area contributed by atoms with E-state index in [9.17, 15) is 4.39 Å². The van der Waals surface area contributed by atoms with Crippen molar-refractivity contribution >= 4 is 16.7 Å². The molecule has 0 radical (unpaired) electrons. The molecule has 2 rings (SSSR count). The van der Waals surface area contributed by atoms with Crippen LogP contribution in [0.25, 0.3) is 10.9 Å². The Morgan fingerprint density at radius 3 is 2.71 bits per heavy atom. The largest absolute Gasteiger partial charge is 0.382 e. The predicted octanol–water partition coefficient (Wildman–Crippen LogP) is 1.43. The highest BCUT2D eigenvalue weighted by Gasteiger charge is 2.05. The van der Waals surface area contributed by atoms with E-state index in [4.69, 9.17) is 11.1 Å². The second-order valence-electron chi connectivity index (χ2n) is 2.53. The summed E-state index contributed by atoms with van der Waals surface area (Å²) in [4.78, 5) is 0. The van der Waals surface area contributed by atoms with Gasteiger partial charge in [-0.25, -0.2) is 0 Å². The molecule has 4 nitrogen and oxygen atoms in total. The van der Waals surface area contributed by atoms with Crippen LogP contribution in [-0.2, 0) is 0 Å². The summed E-state index contributed by atoms with van der Waals surface area (Å²) in [5.74, 6) is -0.00699. The van der Waals surface area contributed by atoms with E-state index in [0.717, 1.165) is 10.9 Å². The lowest BCUT2D eigenvalue weighted by molar-refractivity contribution is 0.636. The molecule has 0 saturated carbocycles. The van der Waals surface area contributed by atoms with Gasteiger partial charge in [0.25, 0.3) is 0 Å². The molecule has 5 heteroatoms. The molecule has 1 aromatic heterocycles. The van der Waals surface area contributed by atoms with Crippen LogP contribution >= 0.6 is 0 Å². The normalized spacial score (nSPS) is 9.29. The van der Waals surface area contributed by atoms with Crippen LogP contribution in [0.3, 0.4) is 0 Å². The van der Waals surface area contributed by atoms with Gasteiger partial charge in [-0.1, -0.05) is 18.2 Å². The summed E-state index contributed by atoms with van der Waals surface area (Å²) in [7, 11) is 0.500. The van der Waals surface area contributed by atoms with Gasteiger partial charge in [-0.3, -0.25) is 14.9 Å². The highest BCUT2D eigenvalue weighted by molar-refractivity contribution is 6.05. The molecular weight excluding hydrogens is 183 g/mol. The number of hydrogen-bond acceptors (Lipinski definition) is 2.